The Labute approximate surface area is 120 Å². The normalized spacial score (nSPS) is 12.1. The van der Waals surface area contributed by atoms with Crippen LogP contribution in [0.1, 0.15) is 31.9 Å². The van der Waals surface area contributed by atoms with Crippen LogP contribution in [-0.2, 0) is 0 Å². The first kappa shape index (κ1) is 14.1. The SMILES string of the molecule is C/C=C\C=C(/CC)c1nc(C)nc(-c2ccccc2)n1. The minimum absolute atomic E-state index is 0.730. The van der Waals surface area contributed by atoms with Gasteiger partial charge in [0.2, 0.25) is 0 Å². The third kappa shape index (κ3) is 3.38. The fourth-order valence-corrected chi connectivity index (χ4v) is 1.90. The first-order valence-electron chi connectivity index (χ1n) is 6.85. The van der Waals surface area contributed by atoms with Gasteiger partial charge in [0, 0.05) is 5.56 Å². The maximum atomic E-state index is 4.60. The van der Waals surface area contributed by atoms with E-state index >= 15 is 0 Å². The molecule has 0 radical (unpaired) electrons. The summed E-state index contributed by atoms with van der Waals surface area (Å²) < 4.78 is 0. The molecule has 0 saturated carbocycles. The quantitative estimate of drug-likeness (QED) is 0.777. The van der Waals surface area contributed by atoms with Crippen LogP contribution in [0.4, 0.5) is 0 Å². The molecule has 0 aliphatic carbocycles. The molecular weight excluding hydrogens is 246 g/mol. The van der Waals surface area contributed by atoms with Crippen LogP contribution in [-0.4, -0.2) is 15.0 Å². The average molecular weight is 265 g/mol. The van der Waals surface area contributed by atoms with Crippen LogP contribution < -0.4 is 0 Å². The number of allylic oxidation sites excluding steroid dienone is 4. The lowest BCUT2D eigenvalue weighted by Crippen LogP contribution is -2.02. The zero-order valence-electron chi connectivity index (χ0n) is 12.2. The summed E-state index contributed by atoms with van der Waals surface area (Å²) >= 11 is 0. The minimum Gasteiger partial charge on any atom is -0.214 e. The molecular formula is C17H19N3. The summed E-state index contributed by atoms with van der Waals surface area (Å²) in [6.07, 6.45) is 6.97. The number of hydrogen-bond donors (Lipinski definition) is 0. The van der Waals surface area contributed by atoms with E-state index < -0.39 is 0 Å². The molecule has 0 amide bonds. The lowest BCUT2D eigenvalue weighted by molar-refractivity contribution is 0.949. The van der Waals surface area contributed by atoms with Crippen LogP contribution in [0.15, 0.2) is 48.6 Å². The molecule has 0 unspecified atom stereocenters. The summed E-state index contributed by atoms with van der Waals surface area (Å²) in [6.45, 7) is 6.01. The van der Waals surface area contributed by atoms with Crippen LogP contribution in [0, 0.1) is 6.92 Å². The van der Waals surface area contributed by atoms with Gasteiger partial charge in [-0.3, -0.25) is 0 Å². The van der Waals surface area contributed by atoms with E-state index in [0.717, 1.165) is 35.0 Å². The highest BCUT2D eigenvalue weighted by Crippen LogP contribution is 2.19. The van der Waals surface area contributed by atoms with Crippen molar-refractivity contribution in [3.05, 3.63) is 60.2 Å². The molecule has 0 aliphatic rings. The lowest BCUT2D eigenvalue weighted by atomic mass is 10.1. The third-order valence-electron chi connectivity index (χ3n) is 2.94. The number of benzene rings is 1. The molecule has 1 heterocycles. The molecule has 1 aromatic heterocycles. The van der Waals surface area contributed by atoms with E-state index in [1.54, 1.807) is 0 Å². The first-order chi connectivity index (χ1) is 9.74. The van der Waals surface area contributed by atoms with Gasteiger partial charge in [0.05, 0.1) is 0 Å². The summed E-state index contributed by atoms with van der Waals surface area (Å²) in [5.74, 6) is 2.23. The van der Waals surface area contributed by atoms with Crippen molar-refractivity contribution in [1.29, 1.82) is 0 Å². The monoisotopic (exact) mass is 265 g/mol. The predicted molar refractivity (Wildman–Crippen MR) is 83.1 cm³/mol. The molecule has 0 saturated heterocycles. The van der Waals surface area contributed by atoms with Gasteiger partial charge in [-0.15, -0.1) is 0 Å². The van der Waals surface area contributed by atoms with Crippen molar-refractivity contribution in [2.24, 2.45) is 0 Å². The fourth-order valence-electron chi connectivity index (χ4n) is 1.90. The Morgan fingerprint density at radius 3 is 2.50 bits per heavy atom. The molecule has 0 fully saturated rings. The number of aromatic nitrogens is 3. The van der Waals surface area contributed by atoms with Crippen molar-refractivity contribution < 1.29 is 0 Å². The highest BCUT2D eigenvalue weighted by Gasteiger charge is 2.08. The second kappa shape index (κ2) is 6.75. The predicted octanol–water partition coefficient (Wildman–Crippen LogP) is 4.22. The highest BCUT2D eigenvalue weighted by molar-refractivity contribution is 5.63. The summed E-state index contributed by atoms with van der Waals surface area (Å²) in [5, 5.41) is 0. The van der Waals surface area contributed by atoms with E-state index in [1.807, 2.05) is 56.3 Å². The second-order valence-corrected chi connectivity index (χ2v) is 4.47. The van der Waals surface area contributed by atoms with E-state index in [4.69, 9.17) is 0 Å². The molecule has 0 aliphatic heterocycles. The molecule has 0 N–H and O–H groups in total. The molecule has 20 heavy (non-hydrogen) atoms. The van der Waals surface area contributed by atoms with Gasteiger partial charge >= 0.3 is 0 Å². The highest BCUT2D eigenvalue weighted by atomic mass is 15.0. The van der Waals surface area contributed by atoms with Gasteiger partial charge in [-0.05, 0) is 25.8 Å². The molecule has 0 bridgehead atoms. The van der Waals surface area contributed by atoms with Crippen molar-refractivity contribution in [3.8, 4) is 11.4 Å². The van der Waals surface area contributed by atoms with Gasteiger partial charge in [0.1, 0.15) is 5.82 Å². The summed E-state index contributed by atoms with van der Waals surface area (Å²) in [6, 6.07) is 10.00. The molecule has 3 nitrogen and oxygen atoms in total. The van der Waals surface area contributed by atoms with E-state index in [-0.39, 0.29) is 0 Å². The Hall–Kier alpha value is -2.29. The maximum absolute atomic E-state index is 4.60. The average Bonchev–Trinajstić information content (AvgIpc) is 2.48. The van der Waals surface area contributed by atoms with E-state index in [9.17, 15) is 0 Å². The molecule has 0 atom stereocenters. The van der Waals surface area contributed by atoms with Crippen LogP contribution in [0.25, 0.3) is 17.0 Å². The Kier molecular flexibility index (Phi) is 4.77. The number of hydrogen-bond acceptors (Lipinski definition) is 3. The Morgan fingerprint density at radius 1 is 1.10 bits per heavy atom. The standard InChI is InChI=1S/C17H19N3/c1-4-6-10-14(5-2)16-18-13(3)19-17(20-16)15-11-8-7-9-12-15/h4,6-12H,5H2,1-3H3/b6-4-,14-10+. The first-order valence-corrected chi connectivity index (χ1v) is 6.85. The second-order valence-electron chi connectivity index (χ2n) is 4.47. The van der Waals surface area contributed by atoms with Crippen molar-refractivity contribution in [2.45, 2.75) is 27.2 Å². The molecule has 2 rings (SSSR count). The van der Waals surface area contributed by atoms with E-state index in [2.05, 4.69) is 28.0 Å². The maximum Gasteiger partial charge on any atom is 0.163 e. The van der Waals surface area contributed by atoms with E-state index in [1.165, 1.54) is 0 Å². The largest absolute Gasteiger partial charge is 0.214 e. The van der Waals surface area contributed by atoms with Gasteiger partial charge in [0.25, 0.3) is 0 Å². The van der Waals surface area contributed by atoms with Gasteiger partial charge in [-0.1, -0.05) is 55.5 Å². The van der Waals surface area contributed by atoms with Crippen molar-refractivity contribution >= 4 is 5.57 Å². The minimum atomic E-state index is 0.730. The van der Waals surface area contributed by atoms with E-state index in [0.29, 0.717) is 0 Å². The fraction of sp³-hybridized carbons (Fsp3) is 0.235. The Bertz CT molecular complexity index is 628. The third-order valence-corrected chi connectivity index (χ3v) is 2.94. The zero-order chi connectivity index (χ0) is 14.4. The number of nitrogens with zero attached hydrogens (tertiary/aromatic N) is 3. The zero-order valence-corrected chi connectivity index (χ0v) is 12.2. The van der Waals surface area contributed by atoms with Gasteiger partial charge in [0.15, 0.2) is 11.6 Å². The van der Waals surface area contributed by atoms with Crippen molar-refractivity contribution in [3.63, 3.8) is 0 Å². The topological polar surface area (TPSA) is 38.7 Å². The van der Waals surface area contributed by atoms with Crippen molar-refractivity contribution in [1.82, 2.24) is 15.0 Å². The molecule has 0 spiro atoms. The Balaban J connectivity index is 2.48. The van der Waals surface area contributed by atoms with Gasteiger partial charge < -0.3 is 0 Å². The summed E-state index contributed by atoms with van der Waals surface area (Å²) in [4.78, 5) is 13.5. The van der Waals surface area contributed by atoms with Crippen LogP contribution in [0.2, 0.25) is 0 Å². The molecule has 3 heteroatoms. The molecule has 1 aromatic carbocycles. The van der Waals surface area contributed by atoms with Crippen LogP contribution in [0.3, 0.4) is 0 Å². The Morgan fingerprint density at radius 2 is 1.85 bits per heavy atom. The lowest BCUT2D eigenvalue weighted by Gasteiger charge is -2.07. The van der Waals surface area contributed by atoms with Crippen LogP contribution >= 0.6 is 0 Å². The smallest absolute Gasteiger partial charge is 0.163 e. The van der Waals surface area contributed by atoms with Crippen LogP contribution in [0.5, 0.6) is 0 Å². The number of rotatable bonds is 4. The molecule has 102 valence electrons. The van der Waals surface area contributed by atoms with Gasteiger partial charge in [-0.2, -0.15) is 0 Å². The molecule has 2 aromatic rings. The summed E-state index contributed by atoms with van der Waals surface area (Å²) in [5.41, 5.74) is 2.13. The van der Waals surface area contributed by atoms with Gasteiger partial charge in [-0.25, -0.2) is 15.0 Å². The number of aryl methyl sites for hydroxylation is 1. The summed E-state index contributed by atoms with van der Waals surface area (Å²) in [7, 11) is 0. The van der Waals surface area contributed by atoms with Crippen molar-refractivity contribution in [2.75, 3.05) is 0 Å².